The van der Waals surface area contributed by atoms with E-state index in [9.17, 15) is 4.79 Å². The molecule has 1 aromatic rings. The molecule has 3 rings (SSSR count). The van der Waals surface area contributed by atoms with E-state index in [-0.39, 0.29) is 12.1 Å². The number of fused-ring (bicyclic) bond motifs is 1. The molecule has 5 nitrogen and oxygen atoms in total. The summed E-state index contributed by atoms with van der Waals surface area (Å²) >= 11 is 1.81. The molecule has 1 fully saturated rings. The Morgan fingerprint density at radius 2 is 2.27 bits per heavy atom. The van der Waals surface area contributed by atoms with Gasteiger partial charge in [0, 0.05) is 23.5 Å². The largest absolute Gasteiger partial charge is 0.450 e. The lowest BCUT2D eigenvalue weighted by Gasteiger charge is -2.26. The second-order valence-electron chi connectivity index (χ2n) is 6.21. The monoisotopic (exact) mass is 323 g/mol. The zero-order valence-electron chi connectivity index (χ0n) is 13.4. The highest BCUT2D eigenvalue weighted by Crippen LogP contribution is 2.35. The molecule has 2 atom stereocenters. The molecule has 1 amide bonds. The van der Waals surface area contributed by atoms with Crippen molar-refractivity contribution < 1.29 is 9.53 Å². The Hall–Kier alpha value is -1.14. The van der Waals surface area contributed by atoms with Gasteiger partial charge in [0.25, 0.3) is 0 Å². The van der Waals surface area contributed by atoms with E-state index in [1.165, 1.54) is 29.8 Å². The van der Waals surface area contributed by atoms with Crippen LogP contribution in [0, 0.1) is 12.8 Å². The molecule has 0 bridgehead atoms. The highest BCUT2D eigenvalue weighted by molar-refractivity contribution is 7.11. The van der Waals surface area contributed by atoms with Crippen LogP contribution in [0.2, 0.25) is 0 Å². The molecule has 1 aromatic heterocycles. The summed E-state index contributed by atoms with van der Waals surface area (Å²) in [5.74, 6) is 0.600. The number of alkyl carbamates (subject to hydrolysis) is 1. The Morgan fingerprint density at radius 1 is 1.45 bits per heavy atom. The van der Waals surface area contributed by atoms with Crippen molar-refractivity contribution in [2.75, 3.05) is 13.2 Å². The van der Waals surface area contributed by atoms with Crippen LogP contribution in [-0.2, 0) is 11.2 Å². The Morgan fingerprint density at radius 3 is 3.00 bits per heavy atom. The number of ether oxygens (including phenoxy) is 1. The van der Waals surface area contributed by atoms with Crippen LogP contribution in [0.3, 0.4) is 0 Å². The number of nitrogens with zero attached hydrogens (tertiary/aromatic N) is 1. The molecule has 0 aromatic carbocycles. The number of nitrogens with one attached hydrogen (secondary N) is 2. The third-order valence-corrected chi connectivity index (χ3v) is 5.54. The number of hydrogen-bond donors (Lipinski definition) is 2. The standard InChI is InChI=1S/C16H25N3O2S/c1-3-21-16(20)19-14(11-7-8-11)9-17-12-5-4-6-13-15(12)22-10(2)18-13/h11-12,14,17H,3-9H2,1-2H3,(H,19,20)/t12-,14-/m0/s1. The van der Waals surface area contributed by atoms with Crippen LogP contribution in [0.4, 0.5) is 4.79 Å². The van der Waals surface area contributed by atoms with Crippen LogP contribution in [0.1, 0.15) is 54.2 Å². The summed E-state index contributed by atoms with van der Waals surface area (Å²) in [7, 11) is 0. The van der Waals surface area contributed by atoms with Gasteiger partial charge in [-0.05, 0) is 51.9 Å². The Labute approximate surface area is 135 Å². The van der Waals surface area contributed by atoms with Gasteiger partial charge >= 0.3 is 6.09 Å². The Kier molecular flexibility index (Phi) is 4.98. The summed E-state index contributed by atoms with van der Waals surface area (Å²) in [5, 5.41) is 7.83. The maximum absolute atomic E-state index is 11.7. The second-order valence-corrected chi connectivity index (χ2v) is 7.44. The molecular formula is C16H25N3O2S. The van der Waals surface area contributed by atoms with E-state index in [4.69, 9.17) is 4.74 Å². The number of aryl methyl sites for hydroxylation is 2. The van der Waals surface area contributed by atoms with Crippen LogP contribution < -0.4 is 10.6 Å². The van der Waals surface area contributed by atoms with E-state index >= 15 is 0 Å². The highest BCUT2D eigenvalue weighted by Gasteiger charge is 2.33. The van der Waals surface area contributed by atoms with Gasteiger partial charge in [-0.2, -0.15) is 0 Å². The van der Waals surface area contributed by atoms with E-state index in [2.05, 4.69) is 22.5 Å². The number of carbonyl (C=O) groups excluding carboxylic acids is 1. The number of aromatic nitrogens is 1. The molecular weight excluding hydrogens is 298 g/mol. The van der Waals surface area contributed by atoms with Crippen molar-refractivity contribution in [2.24, 2.45) is 5.92 Å². The first-order valence-electron chi connectivity index (χ1n) is 8.30. The van der Waals surface area contributed by atoms with E-state index in [0.29, 0.717) is 18.6 Å². The maximum Gasteiger partial charge on any atom is 0.407 e. The van der Waals surface area contributed by atoms with Gasteiger partial charge in [0.15, 0.2) is 0 Å². The van der Waals surface area contributed by atoms with Gasteiger partial charge in [-0.1, -0.05) is 0 Å². The van der Waals surface area contributed by atoms with Gasteiger partial charge in [0.05, 0.1) is 17.3 Å². The Bertz CT molecular complexity index is 527. The molecule has 0 radical (unpaired) electrons. The average molecular weight is 323 g/mol. The van der Waals surface area contributed by atoms with E-state index in [1.54, 1.807) is 0 Å². The summed E-state index contributed by atoms with van der Waals surface area (Å²) < 4.78 is 5.02. The lowest BCUT2D eigenvalue weighted by atomic mass is 9.97. The highest BCUT2D eigenvalue weighted by atomic mass is 32.1. The molecule has 0 saturated heterocycles. The molecule has 1 heterocycles. The number of rotatable bonds is 6. The molecule has 22 heavy (non-hydrogen) atoms. The summed E-state index contributed by atoms with van der Waals surface area (Å²) in [5.41, 5.74) is 1.27. The van der Waals surface area contributed by atoms with Crippen LogP contribution in [0.15, 0.2) is 0 Å². The number of hydrogen-bond acceptors (Lipinski definition) is 5. The third-order valence-electron chi connectivity index (χ3n) is 4.41. The van der Waals surface area contributed by atoms with Crippen LogP contribution in [0.5, 0.6) is 0 Å². The SMILES string of the molecule is CCOC(=O)N[C@@H](CN[C@H]1CCCc2nc(C)sc21)C1CC1. The quantitative estimate of drug-likeness (QED) is 0.845. The van der Waals surface area contributed by atoms with Crippen molar-refractivity contribution in [3.05, 3.63) is 15.6 Å². The minimum absolute atomic E-state index is 0.179. The summed E-state index contributed by atoms with van der Waals surface area (Å²) in [6, 6.07) is 0.568. The lowest BCUT2D eigenvalue weighted by Crippen LogP contribution is -2.44. The minimum Gasteiger partial charge on any atom is -0.450 e. The summed E-state index contributed by atoms with van der Waals surface area (Å²) in [6.07, 6.45) is 5.56. The van der Waals surface area contributed by atoms with E-state index in [1.807, 2.05) is 18.3 Å². The molecule has 0 aliphatic heterocycles. The van der Waals surface area contributed by atoms with Gasteiger partial charge in [-0.25, -0.2) is 9.78 Å². The van der Waals surface area contributed by atoms with Crippen molar-refractivity contribution in [1.82, 2.24) is 15.6 Å². The molecule has 6 heteroatoms. The molecule has 0 spiro atoms. The van der Waals surface area contributed by atoms with Crippen LogP contribution >= 0.6 is 11.3 Å². The normalized spacial score (nSPS) is 22.0. The predicted molar refractivity (Wildman–Crippen MR) is 87.2 cm³/mol. The Balaban J connectivity index is 1.57. The van der Waals surface area contributed by atoms with Crippen molar-refractivity contribution in [2.45, 2.75) is 58.0 Å². The molecule has 1 saturated carbocycles. The first-order valence-corrected chi connectivity index (χ1v) is 9.12. The van der Waals surface area contributed by atoms with Gasteiger partial charge in [-0.15, -0.1) is 11.3 Å². The third kappa shape index (κ3) is 3.79. The molecule has 2 aliphatic rings. The minimum atomic E-state index is -0.292. The second kappa shape index (κ2) is 6.96. The van der Waals surface area contributed by atoms with Gasteiger partial charge in [0.2, 0.25) is 0 Å². The van der Waals surface area contributed by atoms with Gasteiger partial charge in [-0.3, -0.25) is 0 Å². The van der Waals surface area contributed by atoms with Crippen molar-refractivity contribution >= 4 is 17.4 Å². The van der Waals surface area contributed by atoms with Crippen molar-refractivity contribution in [1.29, 1.82) is 0 Å². The number of thiazole rings is 1. The molecule has 122 valence electrons. The smallest absolute Gasteiger partial charge is 0.407 e. The van der Waals surface area contributed by atoms with Crippen molar-refractivity contribution in [3.8, 4) is 0 Å². The van der Waals surface area contributed by atoms with Crippen LogP contribution in [0.25, 0.3) is 0 Å². The number of amides is 1. The van der Waals surface area contributed by atoms with E-state index in [0.717, 1.165) is 24.4 Å². The fraction of sp³-hybridized carbons (Fsp3) is 0.750. The molecule has 2 N–H and O–H groups in total. The fourth-order valence-electron chi connectivity index (χ4n) is 3.16. The molecule has 0 unspecified atom stereocenters. The van der Waals surface area contributed by atoms with Gasteiger partial charge in [0.1, 0.15) is 0 Å². The van der Waals surface area contributed by atoms with E-state index < -0.39 is 0 Å². The number of carbonyl (C=O) groups is 1. The topological polar surface area (TPSA) is 63.2 Å². The summed E-state index contributed by atoms with van der Waals surface area (Å²) in [6.45, 7) is 5.14. The zero-order valence-corrected chi connectivity index (χ0v) is 14.2. The first-order chi connectivity index (χ1) is 10.7. The van der Waals surface area contributed by atoms with Crippen molar-refractivity contribution in [3.63, 3.8) is 0 Å². The predicted octanol–water partition coefficient (Wildman–Crippen LogP) is 2.94. The average Bonchev–Trinajstić information content (AvgIpc) is 3.25. The van der Waals surface area contributed by atoms with Gasteiger partial charge < -0.3 is 15.4 Å². The molecule has 2 aliphatic carbocycles. The summed E-state index contributed by atoms with van der Waals surface area (Å²) in [4.78, 5) is 17.7. The first kappa shape index (κ1) is 15.7. The fourth-order valence-corrected chi connectivity index (χ4v) is 4.25. The lowest BCUT2D eigenvalue weighted by molar-refractivity contribution is 0.146. The zero-order chi connectivity index (χ0) is 15.5. The van der Waals surface area contributed by atoms with Crippen LogP contribution in [-0.4, -0.2) is 30.3 Å². The maximum atomic E-state index is 11.7.